The topological polar surface area (TPSA) is 259 Å². The summed E-state index contributed by atoms with van der Waals surface area (Å²) in [6.45, 7) is 5.18. The third-order valence-corrected chi connectivity index (χ3v) is 12.3. The van der Waals surface area contributed by atoms with Crippen LogP contribution < -0.4 is 25.7 Å². The number of pyridine rings is 1. The number of allylic oxidation sites excluding steroid dienone is 1. The quantitative estimate of drug-likeness (QED) is 0.0362. The molecular formula is C51H68N5O12+. The number of anilines is 1. The Hall–Kier alpha value is -5.85. The van der Waals surface area contributed by atoms with Gasteiger partial charge in [0.1, 0.15) is 24.1 Å². The molecule has 5 rings (SSSR count). The molecule has 0 bridgehead atoms. The second-order valence-corrected chi connectivity index (χ2v) is 17.9. The largest absolute Gasteiger partial charge is 0.481 e. The third kappa shape index (κ3) is 16.7. The predicted octanol–water partition coefficient (Wildman–Crippen LogP) is 3.92. The number of amides is 3. The van der Waals surface area contributed by atoms with Crippen LogP contribution >= 0.6 is 0 Å². The number of nitrogens with one attached hydrogen (secondary N) is 2. The summed E-state index contributed by atoms with van der Waals surface area (Å²) in [5, 5.41) is 45.1. The Kier molecular flexibility index (Phi) is 20.8. The summed E-state index contributed by atoms with van der Waals surface area (Å²) in [5.41, 5.74) is 9.92. The number of aryl methyl sites for hydroxylation is 2. The zero-order chi connectivity index (χ0) is 49.2. The summed E-state index contributed by atoms with van der Waals surface area (Å²) in [5.74, 6) is -1.46. The molecule has 0 saturated carbocycles. The number of carboxylic acid groups (broad SMARTS) is 1. The van der Waals surface area contributed by atoms with Gasteiger partial charge in [0, 0.05) is 74.5 Å². The lowest BCUT2D eigenvalue weighted by Crippen LogP contribution is -2.54. The van der Waals surface area contributed by atoms with Gasteiger partial charge in [0.2, 0.25) is 18.1 Å². The van der Waals surface area contributed by atoms with Crippen molar-refractivity contribution in [2.75, 3.05) is 31.6 Å². The first-order valence-electron chi connectivity index (χ1n) is 23.7. The monoisotopic (exact) mass is 942 g/mol. The minimum atomic E-state index is -1.59. The summed E-state index contributed by atoms with van der Waals surface area (Å²) in [6.07, 6.45) is 7.55. The van der Waals surface area contributed by atoms with Crippen molar-refractivity contribution in [2.24, 2.45) is 11.7 Å². The van der Waals surface area contributed by atoms with Gasteiger partial charge in [0.05, 0.1) is 18.3 Å². The molecule has 368 valence electrons. The molecule has 3 aromatic rings. The summed E-state index contributed by atoms with van der Waals surface area (Å²) in [4.78, 5) is 76.9. The van der Waals surface area contributed by atoms with Crippen molar-refractivity contribution in [3.05, 3.63) is 94.8 Å². The highest BCUT2D eigenvalue weighted by molar-refractivity contribution is 5.95. The van der Waals surface area contributed by atoms with Crippen molar-refractivity contribution in [2.45, 2.75) is 135 Å². The molecule has 2 aliphatic heterocycles. The molecule has 0 aliphatic carbocycles. The smallest absolute Gasteiger partial charge is 0.303 e. The molecule has 0 radical (unpaired) electrons. The van der Waals surface area contributed by atoms with Crippen LogP contribution in [0.3, 0.4) is 0 Å². The lowest BCUT2D eigenvalue weighted by atomic mass is 9.90. The number of nitrogens with two attached hydrogens (primary N) is 1. The Bertz CT molecular complexity index is 2240. The Labute approximate surface area is 397 Å². The third-order valence-electron chi connectivity index (χ3n) is 12.3. The number of hydrogen-bond acceptors (Lipinski definition) is 12. The average Bonchev–Trinajstić information content (AvgIpc) is 3.31. The van der Waals surface area contributed by atoms with Crippen LogP contribution in [0.1, 0.15) is 116 Å². The zero-order valence-electron chi connectivity index (χ0n) is 39.1. The first-order valence-corrected chi connectivity index (χ1v) is 23.7. The van der Waals surface area contributed by atoms with Crippen molar-refractivity contribution >= 4 is 47.0 Å². The number of benzene rings is 2. The number of unbranched alkanes of at least 4 members (excludes halogenated alkanes) is 2. The van der Waals surface area contributed by atoms with Crippen molar-refractivity contribution in [1.82, 2.24) is 10.2 Å². The van der Waals surface area contributed by atoms with E-state index in [9.17, 15) is 44.1 Å². The van der Waals surface area contributed by atoms with Crippen molar-refractivity contribution in [3.63, 3.8) is 0 Å². The average molecular weight is 943 g/mol. The van der Waals surface area contributed by atoms with Crippen molar-refractivity contribution in [1.29, 1.82) is 0 Å². The normalized spacial score (nSPS) is 19.1. The fourth-order valence-electron chi connectivity index (χ4n) is 8.45. The van der Waals surface area contributed by atoms with E-state index < -0.39 is 48.4 Å². The summed E-state index contributed by atoms with van der Waals surface area (Å²) >= 11 is 0. The number of aliphatic hydroxyl groups is 3. The van der Waals surface area contributed by atoms with Gasteiger partial charge in [0.25, 0.3) is 5.91 Å². The number of rotatable bonds is 25. The number of hydrogen-bond donors (Lipinski definition) is 7. The van der Waals surface area contributed by atoms with E-state index in [2.05, 4.69) is 10.6 Å². The van der Waals surface area contributed by atoms with Gasteiger partial charge in [0.15, 0.2) is 30.5 Å². The number of carbonyl (C=O) groups excluding carboxylic acids is 5. The number of carbonyl (C=O) groups is 6. The fourth-order valence-corrected chi connectivity index (χ4v) is 8.45. The molecule has 8 N–H and O–H groups in total. The van der Waals surface area contributed by atoms with E-state index >= 15 is 0 Å². The van der Waals surface area contributed by atoms with Crippen LogP contribution in [0.5, 0.6) is 5.75 Å². The van der Waals surface area contributed by atoms with Crippen LogP contribution in [0.25, 0.3) is 6.08 Å². The summed E-state index contributed by atoms with van der Waals surface area (Å²) < 4.78 is 13.4. The van der Waals surface area contributed by atoms with E-state index in [1.807, 2.05) is 71.2 Å². The molecular weight excluding hydrogens is 875 g/mol. The molecule has 1 aromatic heterocycles. The van der Waals surface area contributed by atoms with Crippen LogP contribution in [0.4, 0.5) is 5.69 Å². The molecule has 17 nitrogen and oxygen atoms in total. The van der Waals surface area contributed by atoms with Crippen LogP contribution in [-0.4, -0.2) is 117 Å². The maximum atomic E-state index is 13.4. The second-order valence-electron chi connectivity index (χ2n) is 17.9. The fraction of sp³-hybridized carbons (Fsp3) is 0.510. The highest BCUT2D eigenvalue weighted by atomic mass is 16.7. The van der Waals surface area contributed by atoms with Crippen molar-refractivity contribution < 1.29 is 63.2 Å². The van der Waals surface area contributed by atoms with E-state index in [4.69, 9.17) is 20.3 Å². The van der Waals surface area contributed by atoms with E-state index in [1.54, 1.807) is 25.1 Å². The van der Waals surface area contributed by atoms with Crippen molar-refractivity contribution in [3.8, 4) is 5.75 Å². The van der Waals surface area contributed by atoms with Crippen LogP contribution in [0.15, 0.2) is 67.0 Å². The number of nitrogens with zero attached hydrogens (tertiary/aromatic N) is 2. The number of piperidine rings is 1. The molecule has 2 aliphatic rings. The van der Waals surface area contributed by atoms with Gasteiger partial charge in [-0.1, -0.05) is 37.0 Å². The molecule has 3 unspecified atom stereocenters. The van der Waals surface area contributed by atoms with Gasteiger partial charge < -0.3 is 51.2 Å². The number of Topliss-reactive ketones (excluding diaryl/α,β-unsaturated/α-hetero) is 1. The highest BCUT2D eigenvalue weighted by Crippen LogP contribution is 2.34. The number of ether oxygens (including phenoxy) is 2. The minimum absolute atomic E-state index is 0.0457. The zero-order valence-corrected chi connectivity index (χ0v) is 39.1. The lowest BCUT2D eigenvalue weighted by Gasteiger charge is -2.35. The maximum absolute atomic E-state index is 13.4. The Balaban J connectivity index is 1.12. The van der Waals surface area contributed by atoms with Gasteiger partial charge in [-0.3, -0.25) is 28.8 Å². The number of aliphatic hydroxyl groups excluding tert-OH is 3. The van der Waals surface area contributed by atoms with Gasteiger partial charge in [-0.25, -0.2) is 4.57 Å². The van der Waals surface area contributed by atoms with E-state index in [0.29, 0.717) is 24.4 Å². The van der Waals surface area contributed by atoms with Gasteiger partial charge >= 0.3 is 5.97 Å². The number of likely N-dealkylation sites (tertiary alicyclic amines) is 1. The summed E-state index contributed by atoms with van der Waals surface area (Å²) in [7, 11) is 0. The first-order chi connectivity index (χ1) is 32.6. The Morgan fingerprint density at radius 2 is 1.63 bits per heavy atom. The molecule has 2 fully saturated rings. The molecule has 68 heavy (non-hydrogen) atoms. The van der Waals surface area contributed by atoms with Gasteiger partial charge in [-0.05, 0) is 99.9 Å². The van der Waals surface area contributed by atoms with E-state index in [1.165, 1.54) is 0 Å². The number of carboxylic acids is 1. The van der Waals surface area contributed by atoms with Gasteiger partial charge in [-0.2, -0.15) is 0 Å². The van der Waals surface area contributed by atoms with E-state index in [-0.39, 0.29) is 80.6 Å². The standard InChI is InChI=1S/C51H67N5O12/c1-33-10-6-13-38(26-33)50(66)56-24-21-35(22-25-56)11-4-3-5-14-39(57)20-19-36-12-9-23-55(30-36)31-37-27-34(2)49(68-51-48(65)47(64)43(59)32-67-51)40(28-37)53-44(60)16-7-15-42(58)41(29-52)54-45(61)17-8-18-46(62)63/h6,9-10,12-13,19-20,23,26-28,30,35,41,43,47-48,51,59,64-65H,3-5,7-8,11,14-18,21-22,24-25,29,31-32,52H2,1-2H3,(H2-,53,54,60,61,62,63)/p+1/b20-19+/t41?,43?,47-,48-,51?/m0/s1. The number of aromatic nitrogens is 1. The maximum Gasteiger partial charge on any atom is 0.303 e. The Morgan fingerprint density at radius 1 is 0.882 bits per heavy atom. The second kappa shape index (κ2) is 26.6. The van der Waals surface area contributed by atoms with Crippen LogP contribution in [0.2, 0.25) is 0 Å². The van der Waals surface area contributed by atoms with Crippen LogP contribution in [0, 0.1) is 19.8 Å². The molecule has 2 aromatic carbocycles. The highest BCUT2D eigenvalue weighted by Gasteiger charge is 2.39. The number of ketones is 2. The van der Waals surface area contributed by atoms with Crippen LogP contribution in [-0.2, 0) is 35.3 Å². The molecule has 2 saturated heterocycles. The molecule has 5 atom stereocenters. The minimum Gasteiger partial charge on any atom is -0.481 e. The molecule has 3 amide bonds. The Morgan fingerprint density at radius 3 is 2.37 bits per heavy atom. The first kappa shape index (κ1) is 53.1. The predicted molar refractivity (Wildman–Crippen MR) is 252 cm³/mol. The molecule has 0 spiro atoms. The molecule has 3 heterocycles. The SMILES string of the molecule is Cc1cccc(C(=O)N2CCC(CCCCCC(=O)/C=C/c3ccc[n+](Cc4cc(C)c(OC5OCC(O)[C@H](O)[C@@H]5O)c(NC(=O)CCCC(=O)C(CN)NC(=O)CCCC(=O)O)c4)c3)CC2)c1. The molecule has 17 heteroatoms. The van der Waals surface area contributed by atoms with Gasteiger partial charge in [-0.15, -0.1) is 0 Å². The number of aliphatic carboxylic acids is 1. The lowest BCUT2D eigenvalue weighted by molar-refractivity contribution is -0.688. The van der Waals surface area contributed by atoms with E-state index in [0.717, 1.165) is 73.9 Å². The summed E-state index contributed by atoms with van der Waals surface area (Å²) in [6, 6.07) is 14.1.